The van der Waals surface area contributed by atoms with E-state index in [9.17, 15) is 65.4 Å². The van der Waals surface area contributed by atoms with Gasteiger partial charge < -0.3 is 95.3 Å². The number of ether oxygens (including phenoxy) is 7. The molecule has 16 atom stereocenters. The van der Waals surface area contributed by atoms with Crippen molar-refractivity contribution in [1.29, 1.82) is 0 Å². The quantitative estimate of drug-likeness (QED) is 0.0356. The smallest absolute Gasteiger partial charge is 0.407 e. The molecule has 0 saturated carbocycles. The van der Waals surface area contributed by atoms with Gasteiger partial charge in [0.15, 0.2) is 18.9 Å². The second-order valence-electron chi connectivity index (χ2n) is 13.5. The lowest BCUT2D eigenvalue weighted by Gasteiger charge is -2.46. The molecule has 2 amide bonds. The third-order valence-electron chi connectivity index (χ3n) is 9.31. The van der Waals surface area contributed by atoms with E-state index in [1.807, 2.05) is 0 Å². The van der Waals surface area contributed by atoms with Crippen LogP contribution in [0.5, 0.6) is 0 Å². The number of hydrazine groups is 1. The van der Waals surface area contributed by atoms with Gasteiger partial charge in [0.2, 0.25) is 5.91 Å². The second kappa shape index (κ2) is 23.9. The SMILES string of the molecule is CC(=O)[C@H](CCCCN)NNC(=O)CCCOC(=O)NCCO[C@@H]1O[C@H](CO[C@H]2O[C@H](CO)[C@@H](O)[C@H](O)[C@@H]2O)[C@@H](O)[C@H](O[C@H]2O[C@H](CO)[C@@H](O)[C@H](O)[C@@H]2O)[C@@H]1O. The zero-order valence-electron chi connectivity index (χ0n) is 30.9. The molecule has 0 unspecified atom stereocenters. The predicted octanol–water partition coefficient (Wildman–Crippen LogP) is -7.33. The van der Waals surface area contributed by atoms with Crippen molar-refractivity contribution >= 4 is 17.8 Å². The molecular weight excluding hydrogens is 760 g/mol. The van der Waals surface area contributed by atoms with Gasteiger partial charge in [-0.2, -0.15) is 0 Å². The molecule has 56 heavy (non-hydrogen) atoms. The van der Waals surface area contributed by atoms with Gasteiger partial charge in [-0.25, -0.2) is 10.2 Å². The maximum atomic E-state index is 12.2. The van der Waals surface area contributed by atoms with Crippen LogP contribution in [0.3, 0.4) is 0 Å². The van der Waals surface area contributed by atoms with E-state index in [4.69, 9.17) is 38.9 Å². The van der Waals surface area contributed by atoms with Crippen molar-refractivity contribution in [2.45, 2.75) is 137 Å². The van der Waals surface area contributed by atoms with Crippen LogP contribution < -0.4 is 21.9 Å². The number of nitrogens with two attached hydrogens (primary N) is 1. The van der Waals surface area contributed by atoms with Gasteiger partial charge in [0, 0.05) is 13.0 Å². The van der Waals surface area contributed by atoms with Gasteiger partial charge >= 0.3 is 6.09 Å². The highest BCUT2D eigenvalue weighted by molar-refractivity contribution is 5.82. The Hall–Kier alpha value is -2.31. The Morgan fingerprint density at radius 3 is 1.89 bits per heavy atom. The van der Waals surface area contributed by atoms with E-state index in [-0.39, 0.29) is 38.4 Å². The Morgan fingerprint density at radius 2 is 1.29 bits per heavy atom. The third-order valence-corrected chi connectivity index (χ3v) is 9.31. The first-order valence-corrected chi connectivity index (χ1v) is 18.3. The largest absolute Gasteiger partial charge is 0.450 e. The topological polar surface area (TPSA) is 380 Å². The fourth-order valence-electron chi connectivity index (χ4n) is 5.94. The molecule has 0 aromatic rings. The lowest BCUT2D eigenvalue weighted by molar-refractivity contribution is -0.366. The van der Waals surface area contributed by atoms with Crippen molar-refractivity contribution < 1.29 is 98.6 Å². The molecule has 0 spiro atoms. The molecule has 0 aromatic carbocycles. The van der Waals surface area contributed by atoms with E-state index in [0.29, 0.717) is 19.4 Å². The molecule has 24 heteroatoms. The summed E-state index contributed by atoms with van der Waals surface area (Å²) in [7, 11) is 0. The normalized spacial score (nSPS) is 36.8. The summed E-state index contributed by atoms with van der Waals surface area (Å²) in [6.07, 6.45) is -24.3. The Balaban J connectivity index is 1.53. The number of nitrogens with one attached hydrogen (secondary N) is 3. The van der Waals surface area contributed by atoms with Gasteiger partial charge in [0.05, 0.1) is 39.1 Å². The van der Waals surface area contributed by atoms with Crippen molar-refractivity contribution in [2.24, 2.45) is 5.73 Å². The summed E-state index contributed by atoms with van der Waals surface area (Å²) in [5.74, 6) is -0.565. The van der Waals surface area contributed by atoms with Gasteiger partial charge in [0.25, 0.3) is 0 Å². The highest BCUT2D eigenvalue weighted by atomic mass is 16.7. The van der Waals surface area contributed by atoms with E-state index < -0.39 is 130 Å². The fourth-order valence-corrected chi connectivity index (χ4v) is 5.94. The van der Waals surface area contributed by atoms with Crippen LogP contribution in [0.4, 0.5) is 4.79 Å². The van der Waals surface area contributed by atoms with Gasteiger partial charge in [-0.05, 0) is 32.7 Å². The Morgan fingerprint density at radius 1 is 0.696 bits per heavy atom. The summed E-state index contributed by atoms with van der Waals surface area (Å²) in [6, 6.07) is -0.559. The lowest BCUT2D eigenvalue weighted by atomic mass is 9.96. The lowest BCUT2D eigenvalue weighted by Crippen LogP contribution is -2.65. The number of aliphatic hydroxyl groups is 10. The van der Waals surface area contributed by atoms with Crippen molar-refractivity contribution in [1.82, 2.24) is 16.2 Å². The molecule has 0 aromatic heterocycles. The molecule has 3 aliphatic rings. The van der Waals surface area contributed by atoms with Crippen LogP contribution in [0, 0.1) is 0 Å². The van der Waals surface area contributed by atoms with Gasteiger partial charge in [0.1, 0.15) is 79.0 Å². The maximum Gasteiger partial charge on any atom is 0.407 e. The van der Waals surface area contributed by atoms with E-state index in [1.54, 1.807) is 0 Å². The van der Waals surface area contributed by atoms with Gasteiger partial charge in [-0.15, -0.1) is 0 Å². The first-order valence-electron chi connectivity index (χ1n) is 18.3. The number of aliphatic hydroxyl groups excluding tert-OH is 10. The summed E-state index contributed by atoms with van der Waals surface area (Å²) in [4.78, 5) is 36.1. The standard InChI is InChI=1S/C32H58N4O20/c1-14(39)15(5-2-3-7-33)35-36-19(40)6-4-9-51-32(49)34-8-10-50-30-27(48)28(56-31-26(47)24(45)21(42)17(12-38)54-31)22(43)18(55-30)13-52-29-25(46)23(44)20(41)16(11-37)53-29/h15-18,20-31,35,37-38,41-48H,2-13,33H2,1H3,(H,34,49)(H,36,40)/t15-,16+,17+,18+,20+,21+,22+,23-,24-,25-,26-,27-,28-,29-,30+,31+/m0/s1. The van der Waals surface area contributed by atoms with Crippen LogP contribution in [0.25, 0.3) is 0 Å². The van der Waals surface area contributed by atoms with Crippen molar-refractivity contribution in [3.05, 3.63) is 0 Å². The van der Waals surface area contributed by atoms with Crippen LogP contribution in [-0.4, -0.2) is 213 Å². The number of ketones is 1. The number of hydrogen-bond donors (Lipinski definition) is 14. The molecule has 0 aliphatic carbocycles. The molecular formula is C32H58N4O20. The predicted molar refractivity (Wildman–Crippen MR) is 182 cm³/mol. The number of Topliss-reactive ketones (excluding diaryl/α,β-unsaturated/α-hetero) is 1. The molecule has 3 heterocycles. The first kappa shape index (κ1) is 48.1. The summed E-state index contributed by atoms with van der Waals surface area (Å²) < 4.78 is 38.1. The average molecular weight is 819 g/mol. The molecule has 0 bridgehead atoms. The molecule has 3 fully saturated rings. The number of amides is 2. The van der Waals surface area contributed by atoms with Gasteiger partial charge in [-0.1, -0.05) is 6.42 Å². The molecule has 0 radical (unpaired) electrons. The second-order valence-corrected chi connectivity index (χ2v) is 13.5. The Labute approximate surface area is 321 Å². The maximum absolute atomic E-state index is 12.2. The van der Waals surface area contributed by atoms with Crippen molar-refractivity contribution in [2.75, 3.05) is 46.1 Å². The minimum atomic E-state index is -1.92. The number of unbranched alkanes of at least 4 members (excludes halogenated alkanes) is 1. The molecule has 3 aliphatic heterocycles. The Bertz CT molecular complexity index is 1190. The number of carbonyl (C=O) groups excluding carboxylic acids is 3. The first-order chi connectivity index (χ1) is 26.6. The van der Waals surface area contributed by atoms with E-state index in [0.717, 1.165) is 6.42 Å². The van der Waals surface area contributed by atoms with Crippen LogP contribution in [0.2, 0.25) is 0 Å². The average Bonchev–Trinajstić information content (AvgIpc) is 3.17. The van der Waals surface area contributed by atoms with Crippen molar-refractivity contribution in [3.8, 4) is 0 Å². The molecule has 24 nitrogen and oxygen atoms in total. The third kappa shape index (κ3) is 13.6. The molecule has 326 valence electrons. The van der Waals surface area contributed by atoms with Crippen molar-refractivity contribution in [3.63, 3.8) is 0 Å². The summed E-state index contributed by atoms with van der Waals surface area (Å²) in [5, 5.41) is 105. The van der Waals surface area contributed by atoms with Crippen LogP contribution in [-0.2, 0) is 42.7 Å². The number of carbonyl (C=O) groups is 3. The number of rotatable bonds is 22. The van der Waals surface area contributed by atoms with E-state index in [2.05, 4.69) is 16.2 Å². The zero-order chi connectivity index (χ0) is 41.5. The minimum Gasteiger partial charge on any atom is -0.450 e. The minimum absolute atomic E-state index is 0.0206. The van der Waals surface area contributed by atoms with Crippen LogP contribution in [0.1, 0.15) is 39.0 Å². The Kier molecular flexibility index (Phi) is 20.5. The summed E-state index contributed by atoms with van der Waals surface area (Å²) >= 11 is 0. The van der Waals surface area contributed by atoms with E-state index in [1.165, 1.54) is 6.92 Å². The summed E-state index contributed by atoms with van der Waals surface area (Å²) in [6.45, 7) is -0.995. The highest BCUT2D eigenvalue weighted by Gasteiger charge is 2.52. The van der Waals surface area contributed by atoms with Crippen LogP contribution >= 0.6 is 0 Å². The molecule has 3 rings (SSSR count). The number of alkyl carbamates (subject to hydrolysis) is 1. The highest BCUT2D eigenvalue weighted by Crippen LogP contribution is 2.31. The molecule has 15 N–H and O–H groups in total. The van der Waals surface area contributed by atoms with E-state index >= 15 is 0 Å². The van der Waals surface area contributed by atoms with Crippen LogP contribution in [0.15, 0.2) is 0 Å². The summed E-state index contributed by atoms with van der Waals surface area (Å²) in [5.41, 5.74) is 10.6. The van der Waals surface area contributed by atoms with Gasteiger partial charge in [-0.3, -0.25) is 15.0 Å². The fraction of sp³-hybridized carbons (Fsp3) is 0.906. The molecule has 3 saturated heterocycles. The monoisotopic (exact) mass is 818 g/mol. The zero-order valence-corrected chi connectivity index (χ0v) is 30.9. The number of hydrogen-bond acceptors (Lipinski definition) is 22.